The maximum Gasteiger partial charge on any atom is 0.164 e. The second kappa shape index (κ2) is 15.6. The molecule has 0 fully saturated rings. The highest BCUT2D eigenvalue weighted by molar-refractivity contribution is 6.13. The Morgan fingerprint density at radius 3 is 1.42 bits per heavy atom. The molecule has 0 saturated heterocycles. The van der Waals surface area contributed by atoms with Gasteiger partial charge in [0.1, 0.15) is 22.3 Å². The minimum Gasteiger partial charge on any atom is -0.456 e. The van der Waals surface area contributed by atoms with E-state index in [9.17, 15) is 0 Å². The van der Waals surface area contributed by atoms with E-state index in [1.165, 1.54) is 21.9 Å². The highest BCUT2D eigenvalue weighted by atomic mass is 16.3. The molecule has 0 N–H and O–H groups in total. The first-order valence-electron chi connectivity index (χ1n) is 23.2. The Bertz CT molecular complexity index is 4290. The number of hydrogen-bond acceptors (Lipinski definition) is 5. The summed E-state index contributed by atoms with van der Waals surface area (Å²) in [5.74, 6) is 1.78. The molecule has 14 aromatic rings. The number of rotatable bonds is 7. The average molecular weight is 883 g/mol. The summed E-state index contributed by atoms with van der Waals surface area (Å²) in [6.45, 7) is 0. The summed E-state index contributed by atoms with van der Waals surface area (Å²) in [6, 6.07) is 80.5. The quantitative estimate of drug-likeness (QED) is 0.159. The lowest BCUT2D eigenvalue weighted by molar-refractivity contribution is 0.668. The molecule has 0 saturated carbocycles. The Morgan fingerprint density at radius 1 is 0.261 bits per heavy atom. The number of para-hydroxylation sites is 2. The summed E-state index contributed by atoms with van der Waals surface area (Å²) >= 11 is 0. The van der Waals surface area contributed by atoms with Crippen molar-refractivity contribution in [1.82, 2.24) is 19.5 Å². The number of aromatic nitrogens is 4. The predicted octanol–water partition coefficient (Wildman–Crippen LogP) is 16.8. The molecular weight excluding hydrogens is 845 g/mol. The summed E-state index contributed by atoms with van der Waals surface area (Å²) in [5, 5.41) is 6.56. The number of nitrogens with zero attached hydrogens (tertiary/aromatic N) is 4. The van der Waals surface area contributed by atoms with Gasteiger partial charge in [0, 0.05) is 60.6 Å². The predicted molar refractivity (Wildman–Crippen MR) is 281 cm³/mol. The SMILES string of the molecule is c1ccc(-c2ccc(-c3nc(-c4ccccc4)nc(-c4ccc5c(c4)oc4cc(-c6cc7c(cc6-n6c8ccccc8c8cc(-c9ccccc9)ccc86)oc6ccccc67)ccc45)n3)cc2)cc1. The van der Waals surface area contributed by atoms with Gasteiger partial charge in [-0.1, -0.05) is 170 Å². The fourth-order valence-corrected chi connectivity index (χ4v) is 10.1. The van der Waals surface area contributed by atoms with Crippen LogP contribution in [-0.2, 0) is 0 Å². The molecule has 14 rings (SSSR count). The molecule has 6 nitrogen and oxygen atoms in total. The molecule has 322 valence electrons. The van der Waals surface area contributed by atoms with E-state index in [0.29, 0.717) is 17.5 Å². The zero-order valence-electron chi connectivity index (χ0n) is 37.0. The summed E-state index contributed by atoms with van der Waals surface area (Å²) in [4.78, 5) is 15.1. The molecule has 0 aliphatic rings. The molecule has 0 aliphatic carbocycles. The van der Waals surface area contributed by atoms with Crippen LogP contribution in [0.1, 0.15) is 0 Å². The standard InChI is InChI=1S/C63H38N4O2/c1-4-14-39(15-5-1)41-24-26-43(27-25-41)62-64-61(42-18-8-3-9-19-42)65-63(66-62)46-29-32-50-49-31-28-45(35-58(49)69-59(50)36-46)51-37-53-48-21-11-13-23-57(48)68-60(53)38-56(51)67-54-22-12-10-20-47(54)52-34-44(30-33-55(52)67)40-16-6-2-7-17-40/h1-38H. The van der Waals surface area contributed by atoms with Gasteiger partial charge >= 0.3 is 0 Å². The lowest BCUT2D eigenvalue weighted by Gasteiger charge is -2.15. The van der Waals surface area contributed by atoms with Gasteiger partial charge in [0.2, 0.25) is 0 Å². The van der Waals surface area contributed by atoms with Crippen molar-refractivity contribution in [3.8, 4) is 73.2 Å². The Kier molecular flexibility index (Phi) is 8.79. The second-order valence-electron chi connectivity index (χ2n) is 17.6. The molecule has 6 heteroatoms. The summed E-state index contributed by atoms with van der Waals surface area (Å²) < 4.78 is 15.8. The highest BCUT2D eigenvalue weighted by Gasteiger charge is 2.21. The van der Waals surface area contributed by atoms with Crippen molar-refractivity contribution in [3.05, 3.63) is 231 Å². The maximum absolute atomic E-state index is 6.83. The molecule has 0 atom stereocenters. The van der Waals surface area contributed by atoms with Crippen LogP contribution in [0.15, 0.2) is 239 Å². The Morgan fingerprint density at radius 2 is 0.710 bits per heavy atom. The van der Waals surface area contributed by atoms with Crippen molar-refractivity contribution in [1.29, 1.82) is 0 Å². The Labute approximate surface area is 396 Å². The van der Waals surface area contributed by atoms with E-state index in [4.69, 9.17) is 23.8 Å². The van der Waals surface area contributed by atoms with Crippen LogP contribution < -0.4 is 0 Å². The van der Waals surface area contributed by atoms with E-state index < -0.39 is 0 Å². The molecule has 10 aromatic carbocycles. The van der Waals surface area contributed by atoms with Crippen molar-refractivity contribution in [2.24, 2.45) is 0 Å². The molecular formula is C63H38N4O2. The van der Waals surface area contributed by atoms with Gasteiger partial charge in [0.05, 0.1) is 16.7 Å². The van der Waals surface area contributed by atoms with E-state index in [2.05, 4.69) is 187 Å². The third-order valence-corrected chi connectivity index (χ3v) is 13.5. The minimum absolute atomic E-state index is 0.571. The number of benzene rings is 10. The van der Waals surface area contributed by atoms with Crippen LogP contribution in [0.4, 0.5) is 0 Å². The Hall–Kier alpha value is -9.39. The van der Waals surface area contributed by atoms with Crippen molar-refractivity contribution in [2.45, 2.75) is 0 Å². The van der Waals surface area contributed by atoms with Gasteiger partial charge in [-0.3, -0.25) is 0 Å². The van der Waals surface area contributed by atoms with Crippen LogP contribution in [0.3, 0.4) is 0 Å². The van der Waals surface area contributed by atoms with Crippen molar-refractivity contribution in [3.63, 3.8) is 0 Å². The van der Waals surface area contributed by atoms with Crippen molar-refractivity contribution >= 4 is 65.7 Å². The van der Waals surface area contributed by atoms with Gasteiger partial charge in [-0.05, 0) is 82.4 Å². The van der Waals surface area contributed by atoms with E-state index in [0.717, 1.165) is 99.5 Å². The third kappa shape index (κ3) is 6.53. The fraction of sp³-hybridized carbons (Fsp3) is 0. The molecule has 0 aliphatic heterocycles. The van der Waals surface area contributed by atoms with Gasteiger partial charge in [-0.15, -0.1) is 0 Å². The zero-order valence-corrected chi connectivity index (χ0v) is 37.0. The first kappa shape index (κ1) is 38.8. The molecule has 0 bridgehead atoms. The van der Waals surface area contributed by atoms with Crippen LogP contribution >= 0.6 is 0 Å². The van der Waals surface area contributed by atoms with Crippen molar-refractivity contribution in [2.75, 3.05) is 0 Å². The molecule has 0 amide bonds. The fourth-order valence-electron chi connectivity index (χ4n) is 10.1. The monoisotopic (exact) mass is 882 g/mol. The van der Waals surface area contributed by atoms with Gasteiger partial charge in [-0.2, -0.15) is 0 Å². The molecule has 4 aromatic heterocycles. The lowest BCUT2D eigenvalue weighted by Crippen LogP contribution is -2.00. The maximum atomic E-state index is 6.83. The highest BCUT2D eigenvalue weighted by Crippen LogP contribution is 2.43. The van der Waals surface area contributed by atoms with Crippen LogP contribution in [0.25, 0.3) is 139 Å². The van der Waals surface area contributed by atoms with Gasteiger partial charge in [0.25, 0.3) is 0 Å². The van der Waals surface area contributed by atoms with Crippen LogP contribution in [0.2, 0.25) is 0 Å². The van der Waals surface area contributed by atoms with Gasteiger partial charge in [0.15, 0.2) is 17.5 Å². The third-order valence-electron chi connectivity index (χ3n) is 13.5. The first-order valence-corrected chi connectivity index (χ1v) is 23.2. The van der Waals surface area contributed by atoms with Gasteiger partial charge in [-0.25, -0.2) is 15.0 Å². The van der Waals surface area contributed by atoms with Crippen LogP contribution in [0.5, 0.6) is 0 Å². The number of hydrogen-bond donors (Lipinski definition) is 0. The topological polar surface area (TPSA) is 69.9 Å². The number of fused-ring (bicyclic) bond motifs is 9. The van der Waals surface area contributed by atoms with E-state index >= 15 is 0 Å². The van der Waals surface area contributed by atoms with E-state index in [1.54, 1.807) is 0 Å². The molecule has 4 heterocycles. The summed E-state index contributed by atoms with van der Waals surface area (Å²) in [6.07, 6.45) is 0. The van der Waals surface area contributed by atoms with Crippen LogP contribution in [-0.4, -0.2) is 19.5 Å². The second-order valence-corrected chi connectivity index (χ2v) is 17.6. The molecule has 69 heavy (non-hydrogen) atoms. The van der Waals surface area contributed by atoms with Crippen LogP contribution in [0, 0.1) is 0 Å². The van der Waals surface area contributed by atoms with E-state index in [-0.39, 0.29) is 0 Å². The first-order chi connectivity index (χ1) is 34.2. The van der Waals surface area contributed by atoms with E-state index in [1.807, 2.05) is 48.5 Å². The van der Waals surface area contributed by atoms with Crippen molar-refractivity contribution < 1.29 is 8.83 Å². The normalized spacial score (nSPS) is 11.8. The lowest BCUT2D eigenvalue weighted by atomic mass is 9.98. The summed E-state index contributed by atoms with van der Waals surface area (Å²) in [7, 11) is 0. The Balaban J connectivity index is 0.915. The molecule has 0 radical (unpaired) electrons. The summed E-state index contributed by atoms with van der Waals surface area (Å²) in [5.41, 5.74) is 15.9. The molecule has 0 unspecified atom stereocenters. The zero-order chi connectivity index (χ0) is 45.4. The number of furan rings is 2. The molecule has 0 spiro atoms. The largest absolute Gasteiger partial charge is 0.456 e. The minimum atomic E-state index is 0.571. The average Bonchev–Trinajstić information content (AvgIpc) is 4.09. The van der Waals surface area contributed by atoms with Gasteiger partial charge < -0.3 is 13.4 Å². The smallest absolute Gasteiger partial charge is 0.164 e.